The van der Waals surface area contributed by atoms with Gasteiger partial charge in [0, 0.05) is 36.6 Å². The lowest BCUT2D eigenvalue weighted by Gasteiger charge is -2.23. The van der Waals surface area contributed by atoms with Crippen molar-refractivity contribution in [2.45, 2.75) is 25.2 Å². The van der Waals surface area contributed by atoms with Crippen LogP contribution in [-0.2, 0) is 14.8 Å². The van der Waals surface area contributed by atoms with E-state index < -0.39 is 10.0 Å². The Labute approximate surface area is 161 Å². The zero-order valence-corrected chi connectivity index (χ0v) is 17.3. The highest BCUT2D eigenvalue weighted by molar-refractivity contribution is 9.10. The molecular formula is C15H19BrCl2N2O3S. The van der Waals surface area contributed by atoms with Gasteiger partial charge in [-0.3, -0.25) is 4.79 Å². The fourth-order valence-electron chi connectivity index (χ4n) is 2.62. The number of carbonyl (C=O) groups excluding carboxylic acids is 1. The van der Waals surface area contributed by atoms with E-state index in [0.29, 0.717) is 30.5 Å². The van der Waals surface area contributed by atoms with Gasteiger partial charge in [-0.2, -0.15) is 4.31 Å². The van der Waals surface area contributed by atoms with E-state index in [0.717, 1.165) is 0 Å². The van der Waals surface area contributed by atoms with Crippen LogP contribution in [0, 0.1) is 5.92 Å². The van der Waals surface area contributed by atoms with Crippen LogP contribution in [0.25, 0.3) is 0 Å². The molecule has 0 radical (unpaired) electrons. The van der Waals surface area contributed by atoms with Crippen LogP contribution in [0.5, 0.6) is 0 Å². The Bertz CT molecular complexity index is 717. The summed E-state index contributed by atoms with van der Waals surface area (Å²) in [6, 6.07) is 3.01. The predicted molar refractivity (Wildman–Crippen MR) is 99.0 cm³/mol. The number of carbonyl (C=O) groups is 1. The van der Waals surface area contributed by atoms with E-state index in [4.69, 9.17) is 23.2 Å². The Morgan fingerprint density at radius 3 is 2.25 bits per heavy atom. The number of hydrogen-bond donors (Lipinski definition) is 0. The second-order valence-corrected chi connectivity index (χ2v) is 9.54. The van der Waals surface area contributed by atoms with Gasteiger partial charge in [-0.15, -0.1) is 0 Å². The van der Waals surface area contributed by atoms with Crippen molar-refractivity contribution >= 4 is 55.1 Å². The van der Waals surface area contributed by atoms with Gasteiger partial charge in [0.2, 0.25) is 15.9 Å². The molecule has 1 saturated heterocycles. The number of nitrogens with zero attached hydrogens (tertiary/aromatic N) is 2. The molecule has 0 atom stereocenters. The molecule has 1 aromatic rings. The molecule has 0 bridgehead atoms. The molecule has 134 valence electrons. The lowest BCUT2D eigenvalue weighted by molar-refractivity contribution is -0.134. The lowest BCUT2D eigenvalue weighted by atomic mass is 10.2. The minimum atomic E-state index is -3.82. The maximum absolute atomic E-state index is 12.9. The topological polar surface area (TPSA) is 57.7 Å². The maximum Gasteiger partial charge on any atom is 0.246 e. The van der Waals surface area contributed by atoms with Crippen LogP contribution in [0.2, 0.25) is 10.0 Å². The normalized spacial score (nSPS) is 17.2. The molecule has 24 heavy (non-hydrogen) atoms. The van der Waals surface area contributed by atoms with Crippen molar-refractivity contribution < 1.29 is 13.2 Å². The van der Waals surface area contributed by atoms with Crippen molar-refractivity contribution in [3.05, 3.63) is 26.7 Å². The summed E-state index contributed by atoms with van der Waals surface area (Å²) in [6.45, 7) is 5.13. The van der Waals surface area contributed by atoms with Crippen molar-refractivity contribution in [1.29, 1.82) is 0 Å². The van der Waals surface area contributed by atoms with E-state index in [2.05, 4.69) is 15.9 Å². The minimum absolute atomic E-state index is 0.0361. The molecule has 1 aromatic carbocycles. The first-order chi connectivity index (χ1) is 11.1. The molecule has 1 aliphatic heterocycles. The largest absolute Gasteiger partial charge is 0.341 e. The van der Waals surface area contributed by atoms with Crippen molar-refractivity contribution in [1.82, 2.24) is 9.21 Å². The summed E-state index contributed by atoms with van der Waals surface area (Å²) in [5, 5.41) is 0.155. The monoisotopic (exact) mass is 456 g/mol. The SMILES string of the molecule is CC(C)C(=O)N1CCCN(S(=O)(=O)c2c(Cl)cc(Br)cc2Cl)CC1. The number of halogens is 3. The fourth-order valence-corrected chi connectivity index (χ4v) is 5.98. The molecule has 2 rings (SSSR count). The van der Waals surface area contributed by atoms with Crippen LogP contribution in [0.4, 0.5) is 0 Å². The summed E-state index contributed by atoms with van der Waals surface area (Å²) in [5.74, 6) is -0.0718. The van der Waals surface area contributed by atoms with Crippen molar-refractivity contribution in [2.75, 3.05) is 26.2 Å². The number of sulfonamides is 1. The van der Waals surface area contributed by atoms with Gasteiger partial charge in [-0.1, -0.05) is 53.0 Å². The molecule has 0 aliphatic carbocycles. The third kappa shape index (κ3) is 4.25. The summed E-state index contributed by atoms with van der Waals surface area (Å²) in [5.41, 5.74) is 0. The third-order valence-electron chi connectivity index (χ3n) is 3.82. The van der Waals surface area contributed by atoms with Gasteiger partial charge in [-0.05, 0) is 18.6 Å². The van der Waals surface area contributed by atoms with Crippen LogP contribution in [0.1, 0.15) is 20.3 Å². The maximum atomic E-state index is 12.9. The number of benzene rings is 1. The average molecular weight is 458 g/mol. The zero-order chi connectivity index (χ0) is 18.1. The number of rotatable bonds is 3. The smallest absolute Gasteiger partial charge is 0.246 e. The first kappa shape index (κ1) is 20.0. The first-order valence-electron chi connectivity index (χ1n) is 7.58. The van der Waals surface area contributed by atoms with Gasteiger partial charge in [0.05, 0.1) is 10.0 Å². The van der Waals surface area contributed by atoms with E-state index in [-0.39, 0.29) is 33.3 Å². The van der Waals surface area contributed by atoms with E-state index in [1.807, 2.05) is 13.8 Å². The highest BCUT2D eigenvalue weighted by Gasteiger charge is 2.32. The summed E-state index contributed by atoms with van der Waals surface area (Å²) in [7, 11) is -3.82. The third-order valence-corrected chi connectivity index (χ3v) is 7.10. The Hall–Kier alpha value is -0.340. The van der Waals surface area contributed by atoms with Crippen molar-refractivity contribution in [2.24, 2.45) is 5.92 Å². The van der Waals surface area contributed by atoms with Crippen LogP contribution in [-0.4, -0.2) is 49.7 Å². The van der Waals surface area contributed by atoms with E-state index in [9.17, 15) is 13.2 Å². The van der Waals surface area contributed by atoms with Gasteiger partial charge in [0.25, 0.3) is 0 Å². The van der Waals surface area contributed by atoms with Crippen LogP contribution in [0.3, 0.4) is 0 Å². The average Bonchev–Trinajstić information content (AvgIpc) is 2.71. The van der Waals surface area contributed by atoms with Gasteiger partial charge >= 0.3 is 0 Å². The molecular weight excluding hydrogens is 439 g/mol. The second-order valence-electron chi connectivity index (χ2n) is 5.94. The molecule has 0 saturated carbocycles. The summed E-state index contributed by atoms with van der Waals surface area (Å²) < 4.78 is 27.8. The Morgan fingerprint density at radius 2 is 1.71 bits per heavy atom. The summed E-state index contributed by atoms with van der Waals surface area (Å²) in [4.78, 5) is 13.8. The molecule has 1 heterocycles. The van der Waals surface area contributed by atoms with Gasteiger partial charge < -0.3 is 4.90 Å². The van der Waals surface area contributed by atoms with E-state index in [1.54, 1.807) is 4.90 Å². The molecule has 1 fully saturated rings. The van der Waals surface area contributed by atoms with Gasteiger partial charge in [0.15, 0.2) is 0 Å². The van der Waals surface area contributed by atoms with Crippen LogP contribution < -0.4 is 0 Å². The highest BCUT2D eigenvalue weighted by atomic mass is 79.9. The standard InChI is InChI=1S/C15H19BrCl2N2O3S/c1-10(2)15(21)19-4-3-5-20(7-6-19)24(22,23)14-12(17)8-11(16)9-13(14)18/h8-10H,3-7H2,1-2H3. The molecule has 0 N–H and O–H groups in total. The Morgan fingerprint density at radius 1 is 1.12 bits per heavy atom. The minimum Gasteiger partial charge on any atom is -0.341 e. The van der Waals surface area contributed by atoms with Crippen LogP contribution in [0.15, 0.2) is 21.5 Å². The first-order valence-corrected chi connectivity index (χ1v) is 10.6. The van der Waals surface area contributed by atoms with E-state index >= 15 is 0 Å². The second kappa shape index (κ2) is 7.91. The van der Waals surface area contributed by atoms with Crippen LogP contribution >= 0.6 is 39.1 Å². The number of amides is 1. The van der Waals surface area contributed by atoms with Gasteiger partial charge in [0.1, 0.15) is 4.90 Å². The highest BCUT2D eigenvalue weighted by Crippen LogP contribution is 2.35. The molecule has 0 spiro atoms. The molecule has 5 nitrogen and oxygen atoms in total. The van der Waals surface area contributed by atoms with Gasteiger partial charge in [-0.25, -0.2) is 8.42 Å². The Balaban J connectivity index is 2.27. The molecule has 1 aliphatic rings. The zero-order valence-electron chi connectivity index (χ0n) is 13.4. The summed E-state index contributed by atoms with van der Waals surface area (Å²) in [6.07, 6.45) is 0.573. The van der Waals surface area contributed by atoms with Crippen molar-refractivity contribution in [3.63, 3.8) is 0 Å². The van der Waals surface area contributed by atoms with Crippen molar-refractivity contribution in [3.8, 4) is 0 Å². The van der Waals surface area contributed by atoms with E-state index in [1.165, 1.54) is 16.4 Å². The summed E-state index contributed by atoms with van der Waals surface area (Å²) >= 11 is 15.5. The molecule has 0 unspecified atom stereocenters. The lowest BCUT2D eigenvalue weighted by Crippen LogP contribution is -2.39. The molecule has 9 heteroatoms. The number of hydrogen-bond acceptors (Lipinski definition) is 3. The quantitative estimate of drug-likeness (QED) is 0.696. The predicted octanol–water partition coefficient (Wildman–Crippen LogP) is 3.63. The molecule has 0 aromatic heterocycles. The fraction of sp³-hybridized carbons (Fsp3) is 0.533. The molecule has 1 amide bonds. The Kier molecular flexibility index (Phi) is 6.58.